The van der Waals surface area contributed by atoms with E-state index < -0.39 is 0 Å². The molecule has 0 aliphatic rings. The molecule has 0 amide bonds. The number of fused-ring (bicyclic) bond motifs is 1. The van der Waals surface area contributed by atoms with Crippen molar-refractivity contribution in [3.63, 3.8) is 0 Å². The maximum Gasteiger partial charge on any atom is 0.0869 e. The van der Waals surface area contributed by atoms with Crippen molar-refractivity contribution < 1.29 is 0 Å². The molecule has 0 unspecified atom stereocenters. The van der Waals surface area contributed by atoms with Gasteiger partial charge in [-0.3, -0.25) is 0 Å². The summed E-state index contributed by atoms with van der Waals surface area (Å²) in [6, 6.07) is 6.14. The summed E-state index contributed by atoms with van der Waals surface area (Å²) in [6.07, 6.45) is 0. The third kappa shape index (κ3) is 1.09. The number of aryl methyl sites for hydroxylation is 1. The first kappa shape index (κ1) is 7.95. The Kier molecular flexibility index (Phi) is 1.77. The lowest BCUT2D eigenvalue weighted by molar-refractivity contribution is 1.37. The predicted molar refractivity (Wildman–Crippen MR) is 58.2 cm³/mol. The van der Waals surface area contributed by atoms with E-state index in [1.165, 1.54) is 15.6 Å². The molecule has 62 valence electrons. The molecule has 12 heavy (non-hydrogen) atoms. The third-order valence-electron chi connectivity index (χ3n) is 1.89. The summed E-state index contributed by atoms with van der Waals surface area (Å²) in [5.74, 6) is 0. The van der Waals surface area contributed by atoms with Crippen molar-refractivity contribution in [3.05, 3.63) is 23.8 Å². The average Bonchev–Trinajstić information content (AvgIpc) is 2.39. The van der Waals surface area contributed by atoms with Gasteiger partial charge >= 0.3 is 0 Å². The fraction of sp³-hybridized carbons (Fsp3) is 0.111. The molecular formula is C9H9NS2. The Morgan fingerprint density at radius 2 is 2.17 bits per heavy atom. The Morgan fingerprint density at radius 1 is 1.42 bits per heavy atom. The predicted octanol–water partition coefficient (Wildman–Crippen LogP) is 3.08. The summed E-state index contributed by atoms with van der Waals surface area (Å²) < 4.78 is 1.21. The van der Waals surface area contributed by atoms with Crippen LogP contribution in [0, 0.1) is 6.92 Å². The largest absolute Gasteiger partial charge is 0.391 e. The van der Waals surface area contributed by atoms with Gasteiger partial charge in [-0.15, -0.1) is 24.0 Å². The van der Waals surface area contributed by atoms with Gasteiger partial charge in [0, 0.05) is 15.0 Å². The van der Waals surface area contributed by atoms with Crippen molar-refractivity contribution in [2.24, 2.45) is 0 Å². The molecule has 1 aromatic heterocycles. The van der Waals surface area contributed by atoms with Gasteiger partial charge in [-0.25, -0.2) is 0 Å². The van der Waals surface area contributed by atoms with Gasteiger partial charge in [-0.2, -0.15) is 0 Å². The standard InChI is InChI=1S/C9H9NS2/c1-5-2-3-7-6(9(5)11)4-8(10)12-7/h2-4,11H,10H2,1H3. The number of benzene rings is 1. The number of thiophene rings is 1. The van der Waals surface area contributed by atoms with Crippen LogP contribution in [0.25, 0.3) is 10.1 Å². The van der Waals surface area contributed by atoms with E-state index in [4.69, 9.17) is 5.73 Å². The fourth-order valence-electron chi connectivity index (χ4n) is 1.23. The van der Waals surface area contributed by atoms with Gasteiger partial charge in [0.05, 0.1) is 5.00 Å². The molecule has 2 aromatic rings. The minimum atomic E-state index is 0.853. The van der Waals surface area contributed by atoms with Crippen LogP contribution in [0.1, 0.15) is 5.56 Å². The molecule has 0 radical (unpaired) electrons. The molecule has 1 aromatic carbocycles. The molecule has 0 fully saturated rings. The molecule has 0 aliphatic carbocycles. The van der Waals surface area contributed by atoms with Crippen molar-refractivity contribution in [1.29, 1.82) is 0 Å². The second kappa shape index (κ2) is 2.68. The van der Waals surface area contributed by atoms with Gasteiger partial charge in [-0.1, -0.05) is 6.07 Å². The van der Waals surface area contributed by atoms with Crippen LogP contribution >= 0.6 is 24.0 Å². The summed E-state index contributed by atoms with van der Waals surface area (Å²) in [5.41, 5.74) is 6.89. The summed E-state index contributed by atoms with van der Waals surface area (Å²) in [7, 11) is 0. The van der Waals surface area contributed by atoms with Crippen molar-refractivity contribution in [2.75, 3.05) is 5.73 Å². The van der Waals surface area contributed by atoms with Crippen LogP contribution in [0.5, 0.6) is 0 Å². The van der Waals surface area contributed by atoms with Crippen LogP contribution in [-0.2, 0) is 0 Å². The molecule has 3 heteroatoms. The van der Waals surface area contributed by atoms with E-state index in [9.17, 15) is 0 Å². The highest BCUT2D eigenvalue weighted by molar-refractivity contribution is 7.80. The molecule has 0 bridgehead atoms. The lowest BCUT2D eigenvalue weighted by atomic mass is 10.2. The average molecular weight is 195 g/mol. The van der Waals surface area contributed by atoms with E-state index in [0.717, 1.165) is 9.90 Å². The second-order valence-corrected chi connectivity index (χ2v) is 4.35. The van der Waals surface area contributed by atoms with Crippen molar-refractivity contribution >= 4 is 39.1 Å². The van der Waals surface area contributed by atoms with Gasteiger partial charge < -0.3 is 5.73 Å². The molecule has 2 rings (SSSR count). The molecule has 2 N–H and O–H groups in total. The highest BCUT2D eigenvalue weighted by Gasteiger charge is 2.03. The first-order valence-corrected chi connectivity index (χ1v) is 4.92. The minimum absolute atomic E-state index is 0.853. The molecule has 0 saturated carbocycles. The quantitative estimate of drug-likeness (QED) is 0.621. The SMILES string of the molecule is Cc1ccc2sc(N)cc2c1S. The van der Waals surface area contributed by atoms with Gasteiger partial charge in [0.2, 0.25) is 0 Å². The topological polar surface area (TPSA) is 26.0 Å². The van der Waals surface area contributed by atoms with E-state index >= 15 is 0 Å². The molecule has 0 atom stereocenters. The van der Waals surface area contributed by atoms with Gasteiger partial charge in [0.25, 0.3) is 0 Å². The zero-order valence-corrected chi connectivity index (χ0v) is 8.38. The Bertz CT molecular complexity index is 431. The highest BCUT2D eigenvalue weighted by atomic mass is 32.1. The van der Waals surface area contributed by atoms with E-state index in [2.05, 4.69) is 31.7 Å². The summed E-state index contributed by atoms with van der Waals surface area (Å²) >= 11 is 6.03. The van der Waals surface area contributed by atoms with E-state index in [-0.39, 0.29) is 0 Å². The lowest BCUT2D eigenvalue weighted by Crippen LogP contribution is -1.75. The number of anilines is 1. The number of thiol groups is 1. The Balaban J connectivity index is 2.89. The molecular weight excluding hydrogens is 186 g/mol. The third-order valence-corrected chi connectivity index (χ3v) is 3.42. The monoisotopic (exact) mass is 195 g/mol. The normalized spacial score (nSPS) is 10.8. The summed E-state index contributed by atoms with van der Waals surface area (Å²) in [6.45, 7) is 2.05. The lowest BCUT2D eigenvalue weighted by Gasteiger charge is -1.98. The maximum absolute atomic E-state index is 5.69. The van der Waals surface area contributed by atoms with Crippen LogP contribution < -0.4 is 5.73 Å². The summed E-state index contributed by atoms with van der Waals surface area (Å²) in [4.78, 5) is 1.04. The molecule has 1 heterocycles. The van der Waals surface area contributed by atoms with Gasteiger partial charge in [-0.05, 0) is 24.6 Å². The van der Waals surface area contributed by atoms with Crippen LogP contribution in [0.4, 0.5) is 5.00 Å². The maximum atomic E-state index is 5.69. The second-order valence-electron chi connectivity index (χ2n) is 2.79. The zero-order chi connectivity index (χ0) is 8.72. The smallest absolute Gasteiger partial charge is 0.0869 e. The number of nitrogen functional groups attached to an aromatic ring is 1. The van der Waals surface area contributed by atoms with Crippen LogP contribution in [0.15, 0.2) is 23.1 Å². The minimum Gasteiger partial charge on any atom is -0.391 e. The van der Waals surface area contributed by atoms with E-state index in [0.29, 0.717) is 0 Å². The van der Waals surface area contributed by atoms with Crippen molar-refractivity contribution in [3.8, 4) is 0 Å². The van der Waals surface area contributed by atoms with Crippen LogP contribution in [0.2, 0.25) is 0 Å². The van der Waals surface area contributed by atoms with E-state index in [1.807, 2.05) is 6.07 Å². The molecule has 0 saturated heterocycles. The molecule has 0 spiro atoms. The summed E-state index contributed by atoms with van der Waals surface area (Å²) in [5, 5.41) is 2.02. The zero-order valence-electron chi connectivity index (χ0n) is 6.66. The first-order chi connectivity index (χ1) is 5.68. The molecule has 1 nitrogen and oxygen atoms in total. The Labute approximate surface area is 80.6 Å². The molecule has 0 aliphatic heterocycles. The van der Waals surface area contributed by atoms with Gasteiger partial charge in [0.15, 0.2) is 0 Å². The number of nitrogens with two attached hydrogens (primary N) is 1. The van der Waals surface area contributed by atoms with Crippen molar-refractivity contribution in [1.82, 2.24) is 0 Å². The number of rotatable bonds is 0. The van der Waals surface area contributed by atoms with Crippen molar-refractivity contribution in [2.45, 2.75) is 11.8 Å². The Morgan fingerprint density at radius 3 is 2.92 bits per heavy atom. The highest BCUT2D eigenvalue weighted by Crippen LogP contribution is 2.33. The van der Waals surface area contributed by atoms with Crippen LogP contribution in [0.3, 0.4) is 0 Å². The first-order valence-electron chi connectivity index (χ1n) is 3.66. The number of hydrogen-bond acceptors (Lipinski definition) is 3. The van der Waals surface area contributed by atoms with Gasteiger partial charge in [0.1, 0.15) is 0 Å². The number of hydrogen-bond donors (Lipinski definition) is 2. The fourth-order valence-corrected chi connectivity index (χ4v) is 2.40. The Hall–Kier alpha value is -0.670. The van der Waals surface area contributed by atoms with Crippen LogP contribution in [-0.4, -0.2) is 0 Å². The van der Waals surface area contributed by atoms with E-state index in [1.54, 1.807) is 11.3 Å².